The topological polar surface area (TPSA) is 131 Å². The lowest BCUT2D eigenvalue weighted by Crippen LogP contribution is -2.53. The number of alkyl carbamates (subject to hydrolysis) is 1. The fourth-order valence-corrected chi connectivity index (χ4v) is 2.88. The van der Waals surface area contributed by atoms with Crippen LogP contribution in [0, 0.1) is 5.82 Å². The number of aliphatic carboxylic acids is 1. The molecule has 0 saturated heterocycles. The third kappa shape index (κ3) is 8.25. The van der Waals surface area contributed by atoms with Gasteiger partial charge >= 0.3 is 12.1 Å². The summed E-state index contributed by atoms with van der Waals surface area (Å²) in [6.07, 6.45) is -0.769. The highest BCUT2D eigenvalue weighted by molar-refractivity contribution is 5.89. The van der Waals surface area contributed by atoms with Crippen LogP contribution in [0.15, 0.2) is 48.5 Å². The van der Waals surface area contributed by atoms with Gasteiger partial charge in [0.15, 0.2) is 0 Å². The first-order valence-electron chi connectivity index (χ1n) is 10.0. The quantitative estimate of drug-likeness (QED) is 0.462. The van der Waals surface area contributed by atoms with Crippen molar-refractivity contribution < 1.29 is 28.6 Å². The van der Waals surface area contributed by atoms with Crippen LogP contribution >= 0.6 is 0 Å². The van der Waals surface area contributed by atoms with Gasteiger partial charge in [0.05, 0.1) is 0 Å². The highest BCUT2D eigenvalue weighted by Gasteiger charge is 2.28. The van der Waals surface area contributed by atoms with Gasteiger partial charge in [-0.3, -0.25) is 4.79 Å². The average molecular weight is 445 g/mol. The molecule has 0 aliphatic rings. The molecule has 2 amide bonds. The largest absolute Gasteiger partial charge is 0.480 e. The van der Waals surface area contributed by atoms with Crippen LogP contribution in [0.25, 0.3) is 0 Å². The number of amides is 2. The van der Waals surface area contributed by atoms with Gasteiger partial charge in [-0.05, 0) is 56.2 Å². The molecule has 8 nitrogen and oxygen atoms in total. The SMILES string of the molecule is CC(C)(C)OC(=O)NC(Cc1ccc(N)cc1)C(=O)NC(Cc1ccc(F)cc1)C(=O)O. The van der Waals surface area contributed by atoms with Gasteiger partial charge in [0.2, 0.25) is 5.91 Å². The number of carbonyl (C=O) groups excluding carboxylic acids is 2. The van der Waals surface area contributed by atoms with Crippen LogP contribution in [0.5, 0.6) is 0 Å². The summed E-state index contributed by atoms with van der Waals surface area (Å²) in [6.45, 7) is 5.06. The van der Waals surface area contributed by atoms with E-state index in [1.807, 2.05) is 0 Å². The second kappa shape index (κ2) is 10.6. The Kier molecular flexibility index (Phi) is 8.17. The predicted octanol–water partition coefficient (Wildman–Crippen LogP) is 2.66. The molecular formula is C23H28FN3O5. The molecule has 2 atom stereocenters. The standard InChI is InChI=1S/C23H28FN3O5/c1-23(2,3)32-22(31)27-18(12-15-6-10-17(25)11-7-15)20(28)26-19(21(29)30)13-14-4-8-16(24)9-5-14/h4-11,18-19H,12-13,25H2,1-3H3,(H,26,28)(H,27,31)(H,29,30). The molecule has 0 bridgehead atoms. The summed E-state index contributed by atoms with van der Waals surface area (Å²) >= 11 is 0. The van der Waals surface area contributed by atoms with Crippen molar-refractivity contribution in [3.05, 3.63) is 65.5 Å². The summed E-state index contributed by atoms with van der Waals surface area (Å²) in [5.41, 5.74) is 6.70. The maximum atomic E-state index is 13.1. The fraction of sp³-hybridized carbons (Fsp3) is 0.348. The number of halogens is 1. The van der Waals surface area contributed by atoms with E-state index in [2.05, 4.69) is 10.6 Å². The molecule has 9 heteroatoms. The zero-order valence-corrected chi connectivity index (χ0v) is 18.2. The van der Waals surface area contributed by atoms with Gasteiger partial charge in [-0.15, -0.1) is 0 Å². The van der Waals surface area contributed by atoms with Crippen LogP contribution in [0.1, 0.15) is 31.9 Å². The van der Waals surface area contributed by atoms with Gasteiger partial charge in [-0.1, -0.05) is 24.3 Å². The third-order valence-electron chi connectivity index (χ3n) is 4.39. The number of carboxylic acid groups (broad SMARTS) is 1. The molecule has 0 saturated carbocycles. The average Bonchev–Trinajstić information content (AvgIpc) is 2.68. The molecule has 0 aliphatic heterocycles. The Morgan fingerprint density at radius 2 is 1.44 bits per heavy atom. The lowest BCUT2D eigenvalue weighted by Gasteiger charge is -2.24. The van der Waals surface area contributed by atoms with Crippen LogP contribution < -0.4 is 16.4 Å². The maximum Gasteiger partial charge on any atom is 0.408 e. The Bertz CT molecular complexity index is 940. The molecular weight excluding hydrogens is 417 g/mol. The number of anilines is 1. The number of nitrogens with two attached hydrogens (primary N) is 1. The lowest BCUT2D eigenvalue weighted by molar-refractivity contribution is -0.142. The van der Waals surface area contributed by atoms with Crippen molar-refractivity contribution in [1.82, 2.24) is 10.6 Å². The molecule has 2 unspecified atom stereocenters. The first-order chi connectivity index (χ1) is 14.9. The minimum Gasteiger partial charge on any atom is -0.480 e. The fourth-order valence-electron chi connectivity index (χ4n) is 2.88. The van der Waals surface area contributed by atoms with E-state index in [-0.39, 0.29) is 12.8 Å². The monoisotopic (exact) mass is 445 g/mol. The Hall–Kier alpha value is -3.62. The number of carboxylic acids is 1. The van der Waals surface area contributed by atoms with Crippen molar-refractivity contribution in [2.45, 2.75) is 51.3 Å². The van der Waals surface area contributed by atoms with Crippen molar-refractivity contribution in [3.63, 3.8) is 0 Å². The third-order valence-corrected chi connectivity index (χ3v) is 4.39. The molecule has 2 aromatic rings. The predicted molar refractivity (Wildman–Crippen MR) is 117 cm³/mol. The van der Waals surface area contributed by atoms with Crippen LogP contribution in [0.4, 0.5) is 14.9 Å². The minimum absolute atomic E-state index is 0.0532. The Morgan fingerprint density at radius 1 is 0.938 bits per heavy atom. The van der Waals surface area contributed by atoms with Crippen molar-refractivity contribution in [2.24, 2.45) is 0 Å². The number of hydrogen-bond acceptors (Lipinski definition) is 5. The van der Waals surface area contributed by atoms with Gasteiger partial charge in [0.1, 0.15) is 23.5 Å². The number of benzene rings is 2. The van der Waals surface area contributed by atoms with Crippen LogP contribution in [0.3, 0.4) is 0 Å². The van der Waals surface area contributed by atoms with E-state index in [1.54, 1.807) is 45.0 Å². The van der Waals surface area contributed by atoms with Crippen LogP contribution in [-0.2, 0) is 27.2 Å². The Labute approximate surface area is 186 Å². The van der Waals surface area contributed by atoms with Crippen molar-refractivity contribution in [1.29, 1.82) is 0 Å². The molecule has 0 heterocycles. The van der Waals surface area contributed by atoms with Crippen LogP contribution in [-0.4, -0.2) is 40.8 Å². The number of carbonyl (C=O) groups is 3. The molecule has 0 fully saturated rings. The lowest BCUT2D eigenvalue weighted by atomic mass is 10.0. The van der Waals surface area contributed by atoms with Gasteiger partial charge in [0.25, 0.3) is 0 Å². The first-order valence-corrected chi connectivity index (χ1v) is 10.0. The second-order valence-corrected chi connectivity index (χ2v) is 8.37. The van der Waals surface area contributed by atoms with Gasteiger partial charge < -0.3 is 26.2 Å². The Morgan fingerprint density at radius 3 is 1.94 bits per heavy atom. The van der Waals surface area contributed by atoms with E-state index in [1.165, 1.54) is 24.3 Å². The molecule has 5 N–H and O–H groups in total. The van der Waals surface area contributed by atoms with Gasteiger partial charge in [0, 0.05) is 18.5 Å². The maximum absolute atomic E-state index is 13.1. The summed E-state index contributed by atoms with van der Waals surface area (Å²) in [5, 5.41) is 14.5. The second-order valence-electron chi connectivity index (χ2n) is 8.37. The highest BCUT2D eigenvalue weighted by Crippen LogP contribution is 2.12. The molecule has 2 rings (SSSR count). The Balaban J connectivity index is 2.17. The van der Waals surface area contributed by atoms with E-state index >= 15 is 0 Å². The molecule has 32 heavy (non-hydrogen) atoms. The minimum atomic E-state index is -1.28. The molecule has 2 aromatic carbocycles. The zero-order valence-electron chi connectivity index (χ0n) is 18.2. The summed E-state index contributed by atoms with van der Waals surface area (Å²) in [4.78, 5) is 36.9. The molecule has 0 aromatic heterocycles. The summed E-state index contributed by atoms with van der Waals surface area (Å²) < 4.78 is 18.4. The molecule has 0 spiro atoms. The van der Waals surface area contributed by atoms with E-state index in [0.717, 1.165) is 0 Å². The number of hydrogen-bond donors (Lipinski definition) is 4. The smallest absolute Gasteiger partial charge is 0.408 e. The van der Waals surface area contributed by atoms with Crippen molar-refractivity contribution >= 4 is 23.7 Å². The van der Waals surface area contributed by atoms with E-state index < -0.39 is 41.5 Å². The number of nitrogen functional groups attached to an aromatic ring is 1. The van der Waals surface area contributed by atoms with Crippen molar-refractivity contribution in [2.75, 3.05) is 5.73 Å². The summed E-state index contributed by atoms with van der Waals surface area (Å²) in [5.74, 6) is -2.40. The number of nitrogens with one attached hydrogen (secondary N) is 2. The van der Waals surface area contributed by atoms with E-state index in [0.29, 0.717) is 16.8 Å². The number of rotatable bonds is 8. The summed E-state index contributed by atoms with van der Waals surface area (Å²) in [6, 6.07) is 9.68. The molecule has 0 radical (unpaired) electrons. The van der Waals surface area contributed by atoms with Gasteiger partial charge in [-0.2, -0.15) is 0 Å². The molecule has 172 valence electrons. The van der Waals surface area contributed by atoms with Gasteiger partial charge in [-0.25, -0.2) is 14.0 Å². The molecule has 0 aliphatic carbocycles. The van der Waals surface area contributed by atoms with E-state index in [9.17, 15) is 23.9 Å². The zero-order chi connectivity index (χ0) is 23.9. The van der Waals surface area contributed by atoms with Crippen molar-refractivity contribution in [3.8, 4) is 0 Å². The van der Waals surface area contributed by atoms with E-state index in [4.69, 9.17) is 10.5 Å². The normalized spacial score (nSPS) is 13.0. The number of ether oxygens (including phenoxy) is 1. The first kappa shape index (κ1) is 24.6. The highest BCUT2D eigenvalue weighted by atomic mass is 19.1. The van der Waals surface area contributed by atoms with Crippen LogP contribution in [0.2, 0.25) is 0 Å². The summed E-state index contributed by atoms with van der Waals surface area (Å²) in [7, 11) is 0.